The fourth-order valence-electron chi connectivity index (χ4n) is 2.59. The molecule has 94 valence electrons. The van der Waals surface area contributed by atoms with Crippen molar-refractivity contribution in [3.05, 3.63) is 35.6 Å². The van der Waals surface area contributed by atoms with E-state index in [1.54, 1.807) is 12.1 Å². The van der Waals surface area contributed by atoms with Crippen LogP contribution in [0.2, 0.25) is 0 Å². The molecule has 1 fully saturated rings. The van der Waals surface area contributed by atoms with Gasteiger partial charge in [-0.2, -0.15) is 0 Å². The monoisotopic (exact) mass is 236 g/mol. The van der Waals surface area contributed by atoms with Gasteiger partial charge in [0.25, 0.3) is 0 Å². The van der Waals surface area contributed by atoms with Gasteiger partial charge in [-0.25, -0.2) is 4.39 Å². The van der Waals surface area contributed by atoms with Gasteiger partial charge in [-0.1, -0.05) is 18.2 Å². The van der Waals surface area contributed by atoms with Gasteiger partial charge in [0.15, 0.2) is 0 Å². The molecule has 0 aliphatic carbocycles. The van der Waals surface area contributed by atoms with Gasteiger partial charge in [-0.3, -0.25) is 4.90 Å². The summed E-state index contributed by atoms with van der Waals surface area (Å²) in [6, 6.07) is 7.23. The highest BCUT2D eigenvalue weighted by Gasteiger charge is 2.23. The first-order valence-electron chi connectivity index (χ1n) is 6.41. The Morgan fingerprint density at radius 1 is 1.35 bits per heavy atom. The Morgan fingerprint density at radius 2 is 2.00 bits per heavy atom. The first kappa shape index (κ1) is 12.5. The maximum absolute atomic E-state index is 13.7. The average molecular weight is 236 g/mol. The smallest absolute Gasteiger partial charge is 0.127 e. The van der Waals surface area contributed by atoms with E-state index in [-0.39, 0.29) is 11.9 Å². The molecule has 2 rings (SSSR count). The topological polar surface area (TPSA) is 29.3 Å². The molecule has 17 heavy (non-hydrogen) atoms. The van der Waals surface area contributed by atoms with Crippen molar-refractivity contribution in [2.45, 2.75) is 25.8 Å². The summed E-state index contributed by atoms with van der Waals surface area (Å²) >= 11 is 0. The van der Waals surface area contributed by atoms with E-state index in [1.165, 1.54) is 0 Å². The van der Waals surface area contributed by atoms with E-state index in [0.717, 1.165) is 38.0 Å². The Hall–Kier alpha value is -0.930. The van der Waals surface area contributed by atoms with Crippen molar-refractivity contribution in [2.75, 3.05) is 19.6 Å². The van der Waals surface area contributed by atoms with Gasteiger partial charge in [0.1, 0.15) is 5.82 Å². The molecule has 0 saturated carbocycles. The largest absolute Gasteiger partial charge is 0.330 e. The van der Waals surface area contributed by atoms with Crippen molar-refractivity contribution >= 4 is 0 Å². The summed E-state index contributed by atoms with van der Waals surface area (Å²) < 4.78 is 13.7. The zero-order chi connectivity index (χ0) is 12.3. The van der Waals surface area contributed by atoms with Gasteiger partial charge in [0, 0.05) is 11.6 Å². The molecule has 1 aliphatic heterocycles. The minimum absolute atomic E-state index is 0.0963. The van der Waals surface area contributed by atoms with Crippen LogP contribution in [0.5, 0.6) is 0 Å². The van der Waals surface area contributed by atoms with Crippen molar-refractivity contribution in [2.24, 2.45) is 11.7 Å². The standard InChI is InChI=1S/C14H21FN2/c1-11(13-4-2-3-5-14(13)15)17-8-6-12(10-16)7-9-17/h2-5,11-12H,6-10,16H2,1H3. The van der Waals surface area contributed by atoms with E-state index in [4.69, 9.17) is 5.73 Å². The number of hydrogen-bond donors (Lipinski definition) is 1. The first-order valence-corrected chi connectivity index (χ1v) is 6.41. The third kappa shape index (κ3) is 2.85. The van der Waals surface area contributed by atoms with Crippen molar-refractivity contribution in [1.29, 1.82) is 0 Å². The number of nitrogens with two attached hydrogens (primary N) is 1. The second kappa shape index (κ2) is 5.61. The van der Waals surface area contributed by atoms with Gasteiger partial charge < -0.3 is 5.73 Å². The van der Waals surface area contributed by atoms with E-state index < -0.39 is 0 Å². The van der Waals surface area contributed by atoms with Crippen molar-refractivity contribution in [3.63, 3.8) is 0 Å². The Kier molecular flexibility index (Phi) is 4.13. The van der Waals surface area contributed by atoms with E-state index in [2.05, 4.69) is 11.8 Å². The molecule has 2 N–H and O–H groups in total. The molecule has 1 aliphatic rings. The van der Waals surface area contributed by atoms with Crippen LogP contribution in [0.1, 0.15) is 31.4 Å². The van der Waals surface area contributed by atoms with Gasteiger partial charge in [-0.15, -0.1) is 0 Å². The maximum Gasteiger partial charge on any atom is 0.127 e. The summed E-state index contributed by atoms with van der Waals surface area (Å²) in [4.78, 5) is 2.35. The lowest BCUT2D eigenvalue weighted by atomic mass is 9.95. The van der Waals surface area contributed by atoms with Crippen LogP contribution >= 0.6 is 0 Å². The number of halogens is 1. The minimum Gasteiger partial charge on any atom is -0.330 e. The van der Waals surface area contributed by atoms with E-state index in [9.17, 15) is 4.39 Å². The molecule has 0 bridgehead atoms. The molecule has 0 amide bonds. The highest BCUT2D eigenvalue weighted by molar-refractivity contribution is 5.20. The SMILES string of the molecule is CC(c1ccccc1F)N1CCC(CN)CC1. The van der Waals surface area contributed by atoms with Crippen LogP contribution in [0, 0.1) is 11.7 Å². The lowest BCUT2D eigenvalue weighted by molar-refractivity contribution is 0.141. The zero-order valence-electron chi connectivity index (χ0n) is 10.4. The fourth-order valence-corrected chi connectivity index (χ4v) is 2.59. The molecule has 0 spiro atoms. The maximum atomic E-state index is 13.7. The normalized spacial score (nSPS) is 20.4. The molecule has 2 nitrogen and oxygen atoms in total. The molecule has 1 saturated heterocycles. The molecule has 0 radical (unpaired) electrons. The van der Waals surface area contributed by atoms with E-state index in [0.29, 0.717) is 5.92 Å². The van der Waals surface area contributed by atoms with Crippen LogP contribution in [-0.2, 0) is 0 Å². The summed E-state index contributed by atoms with van der Waals surface area (Å²) in [6.45, 7) is 4.91. The summed E-state index contributed by atoms with van der Waals surface area (Å²) in [5.41, 5.74) is 6.49. The number of likely N-dealkylation sites (tertiary alicyclic amines) is 1. The molecule has 1 unspecified atom stereocenters. The summed E-state index contributed by atoms with van der Waals surface area (Å²) in [7, 11) is 0. The fraction of sp³-hybridized carbons (Fsp3) is 0.571. The molecule has 1 aromatic carbocycles. The minimum atomic E-state index is -0.0963. The average Bonchev–Trinajstić information content (AvgIpc) is 2.39. The third-order valence-corrected chi connectivity index (χ3v) is 3.89. The lowest BCUT2D eigenvalue weighted by Crippen LogP contribution is -2.37. The third-order valence-electron chi connectivity index (χ3n) is 3.89. The number of benzene rings is 1. The number of nitrogens with zero attached hydrogens (tertiary/aromatic N) is 1. The Bertz CT molecular complexity index is 359. The van der Waals surface area contributed by atoms with Crippen molar-refractivity contribution < 1.29 is 4.39 Å². The number of piperidine rings is 1. The van der Waals surface area contributed by atoms with Crippen LogP contribution in [0.4, 0.5) is 4.39 Å². The van der Waals surface area contributed by atoms with Crippen LogP contribution in [0.3, 0.4) is 0 Å². The van der Waals surface area contributed by atoms with Crippen LogP contribution in [-0.4, -0.2) is 24.5 Å². The second-order valence-electron chi connectivity index (χ2n) is 4.91. The Labute approximate surface area is 103 Å². The summed E-state index contributed by atoms with van der Waals surface area (Å²) in [5.74, 6) is 0.556. The summed E-state index contributed by atoms with van der Waals surface area (Å²) in [6.07, 6.45) is 2.27. The van der Waals surface area contributed by atoms with E-state index in [1.807, 2.05) is 12.1 Å². The van der Waals surface area contributed by atoms with Crippen molar-refractivity contribution in [1.82, 2.24) is 4.90 Å². The predicted octanol–water partition coefficient (Wildman–Crippen LogP) is 2.56. The molecular weight excluding hydrogens is 215 g/mol. The molecular formula is C14H21FN2. The molecule has 1 aromatic rings. The second-order valence-corrected chi connectivity index (χ2v) is 4.91. The van der Waals surface area contributed by atoms with Gasteiger partial charge in [0.05, 0.1) is 0 Å². The number of hydrogen-bond acceptors (Lipinski definition) is 2. The summed E-state index contributed by atoms with van der Waals surface area (Å²) in [5, 5.41) is 0. The van der Waals surface area contributed by atoms with E-state index >= 15 is 0 Å². The predicted molar refractivity (Wildman–Crippen MR) is 68.2 cm³/mol. The Morgan fingerprint density at radius 3 is 2.59 bits per heavy atom. The molecule has 1 atom stereocenters. The van der Waals surface area contributed by atoms with Crippen LogP contribution in [0.15, 0.2) is 24.3 Å². The van der Waals surface area contributed by atoms with Crippen LogP contribution in [0.25, 0.3) is 0 Å². The highest BCUT2D eigenvalue weighted by atomic mass is 19.1. The van der Waals surface area contributed by atoms with Crippen molar-refractivity contribution in [3.8, 4) is 0 Å². The highest BCUT2D eigenvalue weighted by Crippen LogP contribution is 2.27. The lowest BCUT2D eigenvalue weighted by Gasteiger charge is -2.36. The number of rotatable bonds is 3. The first-order chi connectivity index (χ1) is 8.22. The Balaban J connectivity index is 2.02. The quantitative estimate of drug-likeness (QED) is 0.874. The zero-order valence-corrected chi connectivity index (χ0v) is 10.4. The molecule has 3 heteroatoms. The van der Waals surface area contributed by atoms with Gasteiger partial charge in [-0.05, 0) is 51.4 Å². The van der Waals surface area contributed by atoms with Crippen LogP contribution < -0.4 is 5.73 Å². The molecule has 0 aromatic heterocycles. The van der Waals surface area contributed by atoms with Gasteiger partial charge in [0.2, 0.25) is 0 Å². The molecule has 1 heterocycles. The van der Waals surface area contributed by atoms with Gasteiger partial charge >= 0.3 is 0 Å².